The summed E-state index contributed by atoms with van der Waals surface area (Å²) in [5.74, 6) is -0.000761. The van der Waals surface area contributed by atoms with E-state index in [1.54, 1.807) is 48.0 Å². The predicted octanol–water partition coefficient (Wildman–Crippen LogP) is 4.72. The zero-order valence-electron chi connectivity index (χ0n) is 26.8. The van der Waals surface area contributed by atoms with Crippen LogP contribution < -0.4 is 5.32 Å². The van der Waals surface area contributed by atoms with Gasteiger partial charge < -0.3 is 14.7 Å². The normalized spacial score (nSPS) is 19.8. The molecule has 0 spiro atoms. The fraction of sp³-hybridized carbons (Fsp3) is 0.353. The van der Waals surface area contributed by atoms with Gasteiger partial charge in [0.1, 0.15) is 29.9 Å². The molecule has 1 saturated heterocycles. The lowest BCUT2D eigenvalue weighted by atomic mass is 9.95. The Hall–Kier alpha value is -5.04. The molecule has 2 amide bonds. The molecule has 2 aromatic carbocycles. The highest BCUT2D eigenvalue weighted by Gasteiger charge is 2.67. The minimum atomic E-state index is -0.828. The largest absolute Gasteiger partial charge is 0.350 e. The summed E-state index contributed by atoms with van der Waals surface area (Å²) in [6.07, 6.45) is 4.89. The van der Waals surface area contributed by atoms with Crippen molar-refractivity contribution in [3.8, 4) is 11.1 Å². The van der Waals surface area contributed by atoms with Gasteiger partial charge in [-0.1, -0.05) is 28.9 Å². The summed E-state index contributed by atoms with van der Waals surface area (Å²) >= 11 is 5.94. The third-order valence-corrected chi connectivity index (χ3v) is 9.63. The van der Waals surface area contributed by atoms with Gasteiger partial charge >= 0.3 is 0 Å². The summed E-state index contributed by atoms with van der Waals surface area (Å²) < 4.78 is 21.5. The Labute approximate surface area is 279 Å². The Bertz CT molecular complexity index is 2110. The Balaban J connectivity index is 1.20. The number of aryl methyl sites for hydroxylation is 3. The summed E-state index contributed by atoms with van der Waals surface area (Å²) in [4.78, 5) is 55.3. The number of nitrogens with zero attached hydrogens (tertiary/aromatic N) is 7. The van der Waals surface area contributed by atoms with Gasteiger partial charge in [-0.25, -0.2) is 14.4 Å². The molecule has 0 bridgehead atoms. The Kier molecular flexibility index (Phi) is 7.81. The number of amides is 2. The van der Waals surface area contributed by atoms with Gasteiger partial charge in [0.05, 0.1) is 10.5 Å². The molecule has 4 heterocycles. The molecule has 1 N–H and O–H groups in total. The van der Waals surface area contributed by atoms with Crippen LogP contribution in [-0.2, 0) is 29.1 Å². The highest BCUT2D eigenvalue weighted by Crippen LogP contribution is 2.61. The predicted molar refractivity (Wildman–Crippen MR) is 172 cm³/mol. The zero-order chi connectivity index (χ0) is 33.9. The van der Waals surface area contributed by atoms with E-state index >= 15 is 0 Å². The second kappa shape index (κ2) is 11.9. The third-order valence-electron chi connectivity index (χ3n) is 9.33. The van der Waals surface area contributed by atoms with Gasteiger partial charge in [-0.05, 0) is 62.9 Å². The number of hydrogen-bond acceptors (Lipinski definition) is 9. The minimum absolute atomic E-state index is 0.0412. The van der Waals surface area contributed by atoms with Crippen molar-refractivity contribution in [2.24, 2.45) is 5.41 Å². The molecule has 5 aromatic rings. The number of ketones is 1. The van der Waals surface area contributed by atoms with Gasteiger partial charge in [-0.2, -0.15) is 10.1 Å². The summed E-state index contributed by atoms with van der Waals surface area (Å²) in [7, 11) is 0. The molecular formula is C34H32ClFN8O4. The summed E-state index contributed by atoms with van der Waals surface area (Å²) in [5, 5.41) is 11.9. The summed E-state index contributed by atoms with van der Waals surface area (Å²) in [6, 6.07) is 7.32. The van der Waals surface area contributed by atoms with Crippen molar-refractivity contribution in [1.82, 2.24) is 40.1 Å². The number of benzene rings is 2. The third kappa shape index (κ3) is 5.61. The topological polar surface area (TPSA) is 149 Å². The van der Waals surface area contributed by atoms with E-state index in [4.69, 9.17) is 16.1 Å². The number of Topliss-reactive ketones (excluding diaryl/α,β-unsaturated/α-hetero) is 1. The number of carbonyl (C=O) groups is 3. The second-order valence-corrected chi connectivity index (χ2v) is 13.1. The lowest BCUT2D eigenvalue weighted by molar-refractivity contribution is -0.140. The van der Waals surface area contributed by atoms with Crippen molar-refractivity contribution in [1.29, 1.82) is 0 Å². The fourth-order valence-corrected chi connectivity index (χ4v) is 7.18. The molecule has 1 saturated carbocycles. The number of rotatable bonds is 9. The number of carbonyl (C=O) groups excluding carboxylic acids is 3. The molecular weight excluding hydrogens is 639 g/mol. The fourth-order valence-electron chi connectivity index (χ4n) is 6.99. The zero-order valence-corrected chi connectivity index (χ0v) is 27.5. The Morgan fingerprint density at radius 2 is 1.85 bits per heavy atom. The molecule has 246 valence electrons. The van der Waals surface area contributed by atoms with Gasteiger partial charge in [0.25, 0.3) is 0 Å². The van der Waals surface area contributed by atoms with Crippen LogP contribution in [0.25, 0.3) is 22.0 Å². The molecule has 0 radical (unpaired) electrons. The van der Waals surface area contributed by atoms with Crippen molar-refractivity contribution < 1.29 is 23.3 Å². The number of hydrogen-bond donors (Lipinski definition) is 1. The standard InChI is InChI=1S/C34H32ClFN8O4/c1-17-8-22(23-14-37-19(3)38-15-23)9-24-31(18(2)45)41-43(32(17)24)16-29(46)44-26(33(47)39-13-21-6-5-7-25(35)30(21)36)10-34(11-27(34)44)12-28-40-20(4)42-48-28/h5-9,14-15,26-27H,10-13,16H2,1-4H3,(H,39,47)/t26-,27?,34-/m0/s1. The molecule has 3 atom stereocenters. The maximum Gasteiger partial charge on any atom is 0.245 e. The average Bonchev–Trinajstić information content (AvgIpc) is 3.30. The van der Waals surface area contributed by atoms with E-state index in [1.165, 1.54) is 13.0 Å². The lowest BCUT2D eigenvalue weighted by Crippen LogP contribution is -2.48. The van der Waals surface area contributed by atoms with Crippen LogP contribution in [0.3, 0.4) is 0 Å². The number of fused-ring (bicyclic) bond motifs is 2. The smallest absolute Gasteiger partial charge is 0.245 e. The first-order valence-electron chi connectivity index (χ1n) is 15.6. The van der Waals surface area contributed by atoms with E-state index in [0.29, 0.717) is 47.7 Å². The van der Waals surface area contributed by atoms with E-state index in [1.807, 2.05) is 19.1 Å². The number of aromatic nitrogens is 6. The molecule has 3 aromatic heterocycles. The van der Waals surface area contributed by atoms with Gasteiger partial charge in [-0.3, -0.25) is 19.1 Å². The quantitative estimate of drug-likeness (QED) is 0.220. The summed E-state index contributed by atoms with van der Waals surface area (Å²) in [5.41, 5.74) is 3.11. The van der Waals surface area contributed by atoms with Crippen LogP contribution >= 0.6 is 11.6 Å². The van der Waals surface area contributed by atoms with Crippen LogP contribution in [0.2, 0.25) is 5.02 Å². The van der Waals surface area contributed by atoms with Crippen LogP contribution in [-0.4, -0.2) is 64.5 Å². The van der Waals surface area contributed by atoms with Crippen molar-refractivity contribution in [3.05, 3.63) is 87.9 Å². The Morgan fingerprint density at radius 1 is 1.08 bits per heavy atom. The summed E-state index contributed by atoms with van der Waals surface area (Å²) in [6.45, 7) is 6.58. The highest BCUT2D eigenvalue weighted by atomic mass is 35.5. The molecule has 14 heteroatoms. The van der Waals surface area contributed by atoms with E-state index < -0.39 is 23.2 Å². The first-order chi connectivity index (χ1) is 22.9. The molecule has 1 unspecified atom stereocenters. The molecule has 1 aliphatic carbocycles. The molecule has 12 nitrogen and oxygen atoms in total. The number of likely N-dealkylation sites (tertiary alicyclic amines) is 1. The average molecular weight is 671 g/mol. The molecule has 2 fully saturated rings. The van der Waals surface area contributed by atoms with Crippen molar-refractivity contribution in [2.45, 2.75) is 72.1 Å². The van der Waals surface area contributed by atoms with E-state index in [2.05, 4.69) is 30.5 Å². The lowest BCUT2D eigenvalue weighted by Gasteiger charge is -2.27. The van der Waals surface area contributed by atoms with Crippen LogP contribution in [0.5, 0.6) is 0 Å². The van der Waals surface area contributed by atoms with Crippen LogP contribution in [0.1, 0.15) is 58.9 Å². The second-order valence-electron chi connectivity index (χ2n) is 12.7. The number of nitrogens with one attached hydrogen (secondary N) is 1. The van der Waals surface area contributed by atoms with Crippen molar-refractivity contribution >= 4 is 40.1 Å². The van der Waals surface area contributed by atoms with E-state index in [9.17, 15) is 18.8 Å². The first kappa shape index (κ1) is 31.6. The van der Waals surface area contributed by atoms with Gasteiger partial charge in [-0.15, -0.1) is 0 Å². The molecule has 1 aliphatic heterocycles. The van der Waals surface area contributed by atoms with Gasteiger partial charge in [0.2, 0.25) is 17.7 Å². The highest BCUT2D eigenvalue weighted by molar-refractivity contribution is 6.30. The molecule has 48 heavy (non-hydrogen) atoms. The van der Waals surface area contributed by atoms with Crippen molar-refractivity contribution in [3.63, 3.8) is 0 Å². The molecule has 7 rings (SSSR count). The number of piperidine rings is 1. The monoisotopic (exact) mass is 670 g/mol. The maximum absolute atomic E-state index is 14.6. The molecule has 2 aliphatic rings. The maximum atomic E-state index is 14.6. The SMILES string of the molecule is CC(=O)c1nn(CC(=O)N2C3C[C@]3(Cc3nc(C)no3)C[C@H]2C(=O)NCc2cccc(Cl)c2F)c2c(C)cc(-c3cnc(C)nc3)cc12. The number of halogens is 2. The van der Waals surface area contributed by atoms with Crippen molar-refractivity contribution in [2.75, 3.05) is 0 Å². The van der Waals surface area contributed by atoms with Gasteiger partial charge in [0, 0.05) is 60.3 Å². The minimum Gasteiger partial charge on any atom is -0.350 e. The van der Waals surface area contributed by atoms with E-state index in [-0.39, 0.29) is 47.1 Å². The van der Waals surface area contributed by atoms with Crippen LogP contribution in [0, 0.1) is 32.0 Å². The Morgan fingerprint density at radius 3 is 2.56 bits per heavy atom. The van der Waals surface area contributed by atoms with Crippen LogP contribution in [0.15, 0.2) is 47.2 Å². The van der Waals surface area contributed by atoms with Crippen LogP contribution in [0.4, 0.5) is 4.39 Å². The van der Waals surface area contributed by atoms with E-state index in [0.717, 1.165) is 16.7 Å². The first-order valence-corrected chi connectivity index (χ1v) is 15.9. The van der Waals surface area contributed by atoms with Gasteiger partial charge in [0.15, 0.2) is 11.6 Å².